The van der Waals surface area contributed by atoms with Crippen molar-refractivity contribution in [3.05, 3.63) is 70.0 Å². The quantitative estimate of drug-likeness (QED) is 0.612. The molecular formula is C21H23N3O4. The Bertz CT molecular complexity index is 1030. The number of amides is 2. The fourth-order valence-corrected chi connectivity index (χ4v) is 3.00. The molecule has 7 heteroatoms. The molecule has 0 aliphatic rings. The molecule has 2 aromatic carbocycles. The third-order valence-electron chi connectivity index (χ3n) is 4.52. The van der Waals surface area contributed by atoms with Crippen molar-refractivity contribution >= 4 is 22.6 Å². The first-order valence-electron chi connectivity index (χ1n) is 8.94. The number of urea groups is 1. The van der Waals surface area contributed by atoms with Crippen molar-refractivity contribution in [1.29, 1.82) is 0 Å². The van der Waals surface area contributed by atoms with Crippen molar-refractivity contribution in [3.63, 3.8) is 0 Å². The highest BCUT2D eigenvalue weighted by Crippen LogP contribution is 2.17. The number of aromatic nitrogens is 1. The highest BCUT2D eigenvalue weighted by atomic mass is 16.5. The molecule has 3 rings (SSSR count). The van der Waals surface area contributed by atoms with Crippen molar-refractivity contribution in [1.82, 2.24) is 9.88 Å². The van der Waals surface area contributed by atoms with E-state index in [4.69, 9.17) is 4.74 Å². The summed E-state index contributed by atoms with van der Waals surface area (Å²) < 4.78 is 5.10. The minimum atomic E-state index is -0.400. The van der Waals surface area contributed by atoms with Crippen LogP contribution in [-0.2, 0) is 6.54 Å². The summed E-state index contributed by atoms with van der Waals surface area (Å²) in [6.07, 6.45) is 0. The smallest absolute Gasteiger partial charge is 0.322 e. The Hall–Kier alpha value is -3.32. The van der Waals surface area contributed by atoms with Crippen molar-refractivity contribution in [2.75, 3.05) is 25.6 Å². The average molecular weight is 381 g/mol. The number of benzene rings is 2. The molecule has 7 nitrogen and oxygen atoms in total. The molecule has 0 unspecified atom stereocenters. The number of fused-ring (bicyclic) bond motifs is 1. The van der Waals surface area contributed by atoms with Crippen molar-refractivity contribution in [2.45, 2.75) is 13.5 Å². The van der Waals surface area contributed by atoms with Gasteiger partial charge in [0, 0.05) is 17.8 Å². The molecular weight excluding hydrogens is 358 g/mol. The Morgan fingerprint density at radius 2 is 1.96 bits per heavy atom. The maximum absolute atomic E-state index is 12.7. The van der Waals surface area contributed by atoms with E-state index in [2.05, 4.69) is 10.3 Å². The SMILES string of the molecule is COc1ccc(NC(=O)N(CCO)Cc2cc3cccc(C)c3[nH]c2=O)cc1. The summed E-state index contributed by atoms with van der Waals surface area (Å²) >= 11 is 0. The Morgan fingerprint density at radius 3 is 2.64 bits per heavy atom. The first-order valence-corrected chi connectivity index (χ1v) is 8.94. The van der Waals surface area contributed by atoms with Gasteiger partial charge in [0.15, 0.2) is 0 Å². The molecule has 0 saturated heterocycles. The van der Waals surface area contributed by atoms with Gasteiger partial charge in [0.1, 0.15) is 5.75 Å². The summed E-state index contributed by atoms with van der Waals surface area (Å²) in [6.45, 7) is 1.91. The van der Waals surface area contributed by atoms with Gasteiger partial charge in [0.25, 0.3) is 5.56 Å². The fraction of sp³-hybridized carbons (Fsp3) is 0.238. The summed E-state index contributed by atoms with van der Waals surface area (Å²) in [4.78, 5) is 29.4. The standard InChI is InChI=1S/C21H23N3O4/c1-14-4-3-5-15-12-16(20(26)23-19(14)15)13-24(10-11-25)21(27)22-17-6-8-18(28-2)9-7-17/h3-9,12,25H,10-11,13H2,1-2H3,(H,22,27)(H,23,26). The maximum Gasteiger partial charge on any atom is 0.322 e. The number of ether oxygens (including phenoxy) is 1. The van der Waals surface area contributed by atoms with Crippen LogP contribution in [0.5, 0.6) is 5.75 Å². The minimum Gasteiger partial charge on any atom is -0.497 e. The van der Waals surface area contributed by atoms with Gasteiger partial charge in [-0.3, -0.25) is 4.79 Å². The number of carbonyl (C=O) groups excluding carboxylic acids is 1. The molecule has 146 valence electrons. The molecule has 0 spiro atoms. The molecule has 28 heavy (non-hydrogen) atoms. The first kappa shape index (κ1) is 19.4. The molecule has 3 N–H and O–H groups in total. The summed E-state index contributed by atoms with van der Waals surface area (Å²) in [5.41, 5.74) is 2.56. The zero-order chi connectivity index (χ0) is 20.1. The summed E-state index contributed by atoms with van der Waals surface area (Å²) in [7, 11) is 1.57. The van der Waals surface area contributed by atoms with E-state index in [0.29, 0.717) is 17.0 Å². The predicted octanol–water partition coefficient (Wildman–Crippen LogP) is 2.87. The number of aromatic amines is 1. The second-order valence-corrected chi connectivity index (χ2v) is 6.47. The molecule has 0 saturated carbocycles. The third kappa shape index (κ3) is 4.32. The molecule has 3 aromatic rings. The van der Waals surface area contributed by atoms with Crippen LogP contribution in [0.3, 0.4) is 0 Å². The number of H-pyrrole nitrogens is 1. The van der Waals surface area contributed by atoms with Crippen molar-refractivity contribution in [2.24, 2.45) is 0 Å². The highest BCUT2D eigenvalue weighted by Gasteiger charge is 2.16. The van der Waals surface area contributed by atoms with E-state index in [1.165, 1.54) is 4.90 Å². The summed E-state index contributed by atoms with van der Waals surface area (Å²) in [5.74, 6) is 0.684. The Kier molecular flexibility index (Phi) is 5.96. The van der Waals surface area contributed by atoms with E-state index < -0.39 is 6.03 Å². The van der Waals surface area contributed by atoms with Crippen molar-refractivity contribution in [3.8, 4) is 5.75 Å². The van der Waals surface area contributed by atoms with E-state index in [-0.39, 0.29) is 25.3 Å². The number of para-hydroxylation sites is 1. The number of aliphatic hydroxyl groups excluding tert-OH is 1. The fourth-order valence-electron chi connectivity index (χ4n) is 3.00. The van der Waals surface area contributed by atoms with Crippen LogP contribution in [0.15, 0.2) is 53.3 Å². The highest BCUT2D eigenvalue weighted by molar-refractivity contribution is 5.89. The Labute approximate surface area is 162 Å². The number of aliphatic hydroxyl groups is 1. The zero-order valence-electron chi connectivity index (χ0n) is 15.9. The van der Waals surface area contributed by atoms with Gasteiger partial charge in [-0.15, -0.1) is 0 Å². The van der Waals surface area contributed by atoms with Gasteiger partial charge in [0.2, 0.25) is 0 Å². The van der Waals surface area contributed by atoms with Gasteiger partial charge in [0.05, 0.1) is 25.8 Å². The van der Waals surface area contributed by atoms with Gasteiger partial charge in [-0.2, -0.15) is 0 Å². The van der Waals surface area contributed by atoms with E-state index in [1.54, 1.807) is 37.4 Å². The van der Waals surface area contributed by atoms with Gasteiger partial charge in [-0.25, -0.2) is 4.79 Å². The molecule has 2 amide bonds. The Morgan fingerprint density at radius 1 is 1.21 bits per heavy atom. The molecule has 0 bridgehead atoms. The van der Waals surface area contributed by atoms with Gasteiger partial charge in [-0.1, -0.05) is 18.2 Å². The predicted molar refractivity (Wildman–Crippen MR) is 109 cm³/mol. The van der Waals surface area contributed by atoms with Crippen LogP contribution in [0.2, 0.25) is 0 Å². The molecule has 1 heterocycles. The molecule has 0 radical (unpaired) electrons. The maximum atomic E-state index is 12.7. The number of carbonyl (C=O) groups is 1. The number of pyridine rings is 1. The van der Waals surface area contributed by atoms with Gasteiger partial charge < -0.3 is 25.0 Å². The molecule has 0 atom stereocenters. The van der Waals surface area contributed by atoms with Crippen LogP contribution in [0.4, 0.5) is 10.5 Å². The summed E-state index contributed by atoms with van der Waals surface area (Å²) in [6, 6.07) is 14.1. The first-order chi connectivity index (χ1) is 13.5. The van der Waals surface area contributed by atoms with E-state index in [0.717, 1.165) is 16.5 Å². The number of hydrogen-bond donors (Lipinski definition) is 3. The normalized spacial score (nSPS) is 10.7. The lowest BCUT2D eigenvalue weighted by Gasteiger charge is -2.22. The van der Waals surface area contributed by atoms with Crippen LogP contribution in [-0.4, -0.2) is 41.3 Å². The van der Waals surface area contributed by atoms with Gasteiger partial charge in [-0.05, 0) is 48.2 Å². The van der Waals surface area contributed by atoms with Crippen LogP contribution in [0.1, 0.15) is 11.1 Å². The number of methoxy groups -OCH3 is 1. The molecule has 0 fully saturated rings. The second-order valence-electron chi connectivity index (χ2n) is 6.47. The average Bonchev–Trinajstić information content (AvgIpc) is 2.69. The van der Waals surface area contributed by atoms with Gasteiger partial charge >= 0.3 is 6.03 Å². The molecule has 0 aliphatic heterocycles. The Balaban J connectivity index is 1.82. The summed E-state index contributed by atoms with van der Waals surface area (Å²) in [5, 5.41) is 13.0. The number of hydrogen-bond acceptors (Lipinski definition) is 4. The second kappa shape index (κ2) is 8.58. The van der Waals surface area contributed by atoms with Crippen molar-refractivity contribution < 1.29 is 14.6 Å². The molecule has 0 aliphatic carbocycles. The van der Waals surface area contributed by atoms with Crippen LogP contribution in [0, 0.1) is 6.92 Å². The molecule has 1 aromatic heterocycles. The van der Waals surface area contributed by atoms with E-state index in [9.17, 15) is 14.7 Å². The lowest BCUT2D eigenvalue weighted by atomic mass is 10.1. The number of anilines is 1. The topological polar surface area (TPSA) is 94.7 Å². The van der Waals surface area contributed by atoms with E-state index >= 15 is 0 Å². The lowest BCUT2D eigenvalue weighted by molar-refractivity contribution is 0.185. The van der Waals surface area contributed by atoms with Crippen LogP contribution >= 0.6 is 0 Å². The number of nitrogens with one attached hydrogen (secondary N) is 2. The number of nitrogens with zero attached hydrogens (tertiary/aromatic N) is 1. The largest absolute Gasteiger partial charge is 0.497 e. The monoisotopic (exact) mass is 381 g/mol. The zero-order valence-corrected chi connectivity index (χ0v) is 15.9. The lowest BCUT2D eigenvalue weighted by Crippen LogP contribution is -2.38. The van der Waals surface area contributed by atoms with Crippen LogP contribution < -0.4 is 15.6 Å². The minimum absolute atomic E-state index is 0.0851. The number of aryl methyl sites for hydroxylation is 1. The number of rotatable bonds is 6. The third-order valence-corrected chi connectivity index (χ3v) is 4.52. The van der Waals surface area contributed by atoms with E-state index in [1.807, 2.05) is 25.1 Å². The van der Waals surface area contributed by atoms with Crippen LogP contribution in [0.25, 0.3) is 10.9 Å².